The number of hydrogen-bond donors (Lipinski definition) is 0. The summed E-state index contributed by atoms with van der Waals surface area (Å²) in [4.78, 5) is 14.1. The third kappa shape index (κ3) is 5.60. The molecule has 0 radical (unpaired) electrons. The van der Waals surface area contributed by atoms with Crippen LogP contribution in [0.5, 0.6) is 0 Å². The molecule has 1 fully saturated rings. The zero-order chi connectivity index (χ0) is 17.6. The molecule has 0 spiro atoms. The van der Waals surface area contributed by atoms with E-state index < -0.39 is 9.84 Å². The maximum Gasteiger partial charge on any atom is 0.223 e. The molecule has 1 aliphatic rings. The van der Waals surface area contributed by atoms with E-state index in [9.17, 15) is 13.2 Å². The van der Waals surface area contributed by atoms with Gasteiger partial charge in [0.2, 0.25) is 5.91 Å². The Kier molecular flexibility index (Phi) is 6.80. The molecule has 1 amide bonds. The van der Waals surface area contributed by atoms with Gasteiger partial charge in [-0.15, -0.1) is 0 Å². The van der Waals surface area contributed by atoms with Crippen LogP contribution in [0.4, 0.5) is 0 Å². The zero-order valence-electron chi connectivity index (χ0n) is 14.5. The van der Waals surface area contributed by atoms with Crippen LogP contribution in [-0.4, -0.2) is 51.3 Å². The van der Waals surface area contributed by atoms with Gasteiger partial charge in [-0.25, -0.2) is 8.42 Å². The van der Waals surface area contributed by atoms with Gasteiger partial charge in [-0.05, 0) is 44.7 Å². The van der Waals surface area contributed by atoms with Gasteiger partial charge in [0.25, 0.3) is 0 Å². The molecule has 1 atom stereocenters. The largest absolute Gasteiger partial charge is 0.378 e. The van der Waals surface area contributed by atoms with Crippen LogP contribution in [0.3, 0.4) is 0 Å². The molecule has 24 heavy (non-hydrogen) atoms. The summed E-state index contributed by atoms with van der Waals surface area (Å²) in [5.41, 5.74) is 1.01. The van der Waals surface area contributed by atoms with Crippen molar-refractivity contribution in [1.29, 1.82) is 0 Å². The number of ether oxygens (including phenoxy) is 1. The van der Waals surface area contributed by atoms with Gasteiger partial charge >= 0.3 is 0 Å². The molecular weight excluding hydrogens is 326 g/mol. The number of hydrogen-bond acceptors (Lipinski definition) is 4. The number of benzene rings is 1. The minimum Gasteiger partial charge on any atom is -0.378 e. The fraction of sp³-hybridized carbons (Fsp3) is 0.611. The van der Waals surface area contributed by atoms with Crippen molar-refractivity contribution >= 4 is 15.7 Å². The summed E-state index contributed by atoms with van der Waals surface area (Å²) < 4.78 is 30.2. The molecule has 1 unspecified atom stereocenters. The molecule has 2 rings (SSSR count). The van der Waals surface area contributed by atoms with Gasteiger partial charge in [-0.2, -0.15) is 0 Å². The zero-order valence-corrected chi connectivity index (χ0v) is 15.3. The Morgan fingerprint density at radius 3 is 2.58 bits per heavy atom. The van der Waals surface area contributed by atoms with E-state index in [1.165, 1.54) is 6.42 Å². The lowest BCUT2D eigenvalue weighted by molar-refractivity contribution is -0.129. The minimum absolute atomic E-state index is 0.0121. The molecule has 1 aliphatic heterocycles. The van der Waals surface area contributed by atoms with Crippen molar-refractivity contribution in [1.82, 2.24) is 4.90 Å². The number of aryl methyl sites for hydroxylation is 1. The molecule has 1 heterocycles. The quantitative estimate of drug-likeness (QED) is 0.756. The molecule has 134 valence electrons. The first kappa shape index (κ1) is 18.9. The maximum atomic E-state index is 12.3. The van der Waals surface area contributed by atoms with E-state index in [2.05, 4.69) is 0 Å². The number of rotatable bonds is 7. The molecule has 0 N–H and O–H groups in total. The molecule has 6 heteroatoms. The van der Waals surface area contributed by atoms with Crippen molar-refractivity contribution in [3.05, 3.63) is 29.8 Å². The maximum absolute atomic E-state index is 12.3. The summed E-state index contributed by atoms with van der Waals surface area (Å²) in [6.45, 7) is 3.32. The SMILES string of the molecule is Cc1ccc(S(=O)(=O)CCC(=O)N(C)CCC2CCCCO2)cc1. The van der Waals surface area contributed by atoms with E-state index in [4.69, 9.17) is 4.74 Å². The van der Waals surface area contributed by atoms with Gasteiger partial charge in [-0.1, -0.05) is 17.7 Å². The second kappa shape index (κ2) is 8.62. The minimum atomic E-state index is -3.41. The summed E-state index contributed by atoms with van der Waals surface area (Å²) >= 11 is 0. The van der Waals surface area contributed by atoms with Crippen molar-refractivity contribution in [2.45, 2.75) is 50.0 Å². The van der Waals surface area contributed by atoms with Crippen LogP contribution in [0.1, 0.15) is 37.7 Å². The molecule has 0 aromatic heterocycles. The molecule has 1 aromatic rings. The summed E-state index contributed by atoms with van der Waals surface area (Å²) in [5.74, 6) is -0.291. The Hall–Kier alpha value is -1.40. The lowest BCUT2D eigenvalue weighted by Gasteiger charge is -2.25. The highest BCUT2D eigenvalue weighted by molar-refractivity contribution is 7.91. The van der Waals surface area contributed by atoms with E-state index in [0.29, 0.717) is 6.54 Å². The summed E-state index contributed by atoms with van der Waals surface area (Å²) in [5, 5.41) is 0. The van der Waals surface area contributed by atoms with Crippen LogP contribution in [0.15, 0.2) is 29.2 Å². The first-order chi connectivity index (χ1) is 11.4. The van der Waals surface area contributed by atoms with Gasteiger partial charge in [0.15, 0.2) is 9.84 Å². The standard InChI is InChI=1S/C18H27NO4S/c1-15-6-8-17(9-7-15)24(21,22)14-11-18(20)19(2)12-10-16-5-3-4-13-23-16/h6-9,16H,3-5,10-14H2,1-2H3. The molecule has 1 aromatic carbocycles. The van der Waals surface area contributed by atoms with Crippen molar-refractivity contribution < 1.29 is 17.9 Å². The molecule has 1 saturated heterocycles. The number of nitrogens with zero attached hydrogens (tertiary/aromatic N) is 1. The monoisotopic (exact) mass is 353 g/mol. The van der Waals surface area contributed by atoms with Gasteiger partial charge in [0.05, 0.1) is 16.8 Å². The van der Waals surface area contributed by atoms with Crippen LogP contribution in [0.25, 0.3) is 0 Å². The molecule has 0 bridgehead atoms. The molecule has 5 nitrogen and oxygen atoms in total. The van der Waals surface area contributed by atoms with Crippen LogP contribution in [0.2, 0.25) is 0 Å². The summed E-state index contributed by atoms with van der Waals surface area (Å²) in [7, 11) is -1.69. The number of carbonyl (C=O) groups is 1. The Morgan fingerprint density at radius 1 is 1.25 bits per heavy atom. The average Bonchev–Trinajstić information content (AvgIpc) is 2.59. The van der Waals surface area contributed by atoms with E-state index >= 15 is 0 Å². The highest BCUT2D eigenvalue weighted by Gasteiger charge is 2.19. The normalized spacial score (nSPS) is 18.3. The van der Waals surface area contributed by atoms with Crippen molar-refractivity contribution in [3.8, 4) is 0 Å². The second-order valence-electron chi connectivity index (χ2n) is 6.47. The van der Waals surface area contributed by atoms with Crippen LogP contribution >= 0.6 is 0 Å². The van der Waals surface area contributed by atoms with E-state index in [-0.39, 0.29) is 29.1 Å². The summed E-state index contributed by atoms with van der Waals surface area (Å²) in [6, 6.07) is 6.73. The fourth-order valence-electron chi connectivity index (χ4n) is 2.77. The van der Waals surface area contributed by atoms with Crippen molar-refractivity contribution in [2.24, 2.45) is 0 Å². The first-order valence-corrected chi connectivity index (χ1v) is 10.2. The summed E-state index contributed by atoms with van der Waals surface area (Å²) in [6.07, 6.45) is 4.39. The van der Waals surface area contributed by atoms with Crippen molar-refractivity contribution in [2.75, 3.05) is 26.0 Å². The topological polar surface area (TPSA) is 63.7 Å². The molecule has 0 saturated carbocycles. The molecule has 0 aliphatic carbocycles. The highest BCUT2D eigenvalue weighted by Crippen LogP contribution is 2.16. The van der Waals surface area contributed by atoms with Gasteiger partial charge in [-0.3, -0.25) is 4.79 Å². The Balaban J connectivity index is 1.79. The smallest absolute Gasteiger partial charge is 0.223 e. The highest BCUT2D eigenvalue weighted by atomic mass is 32.2. The van der Waals surface area contributed by atoms with Crippen molar-refractivity contribution in [3.63, 3.8) is 0 Å². The van der Waals surface area contributed by atoms with E-state index in [1.807, 2.05) is 6.92 Å². The van der Waals surface area contributed by atoms with Crippen LogP contribution < -0.4 is 0 Å². The third-order valence-corrected chi connectivity index (χ3v) is 6.18. The lowest BCUT2D eigenvalue weighted by atomic mass is 10.1. The Morgan fingerprint density at radius 2 is 1.96 bits per heavy atom. The number of amides is 1. The lowest BCUT2D eigenvalue weighted by Crippen LogP contribution is -2.32. The Labute approximate surface area is 144 Å². The predicted molar refractivity (Wildman–Crippen MR) is 93.7 cm³/mol. The van der Waals surface area contributed by atoms with Crippen LogP contribution in [-0.2, 0) is 19.4 Å². The number of carbonyl (C=O) groups excluding carboxylic acids is 1. The van der Waals surface area contributed by atoms with E-state index in [1.54, 1.807) is 36.2 Å². The van der Waals surface area contributed by atoms with Gasteiger partial charge in [0, 0.05) is 26.6 Å². The first-order valence-electron chi connectivity index (χ1n) is 8.53. The fourth-order valence-corrected chi connectivity index (χ4v) is 4.00. The predicted octanol–water partition coefficient (Wildman–Crippen LogP) is 2.58. The second-order valence-corrected chi connectivity index (χ2v) is 8.58. The van der Waals surface area contributed by atoms with Gasteiger partial charge in [0.1, 0.15) is 0 Å². The van der Waals surface area contributed by atoms with Gasteiger partial charge < -0.3 is 9.64 Å². The van der Waals surface area contributed by atoms with E-state index in [0.717, 1.165) is 31.4 Å². The molecular formula is C18H27NO4S. The number of sulfone groups is 1. The third-order valence-electron chi connectivity index (χ3n) is 4.45. The van der Waals surface area contributed by atoms with Crippen LogP contribution in [0, 0.1) is 6.92 Å². The Bertz CT molecular complexity index is 633. The average molecular weight is 353 g/mol.